The molecule has 2 aliphatic rings. The highest BCUT2D eigenvalue weighted by molar-refractivity contribution is 7.19. The fourth-order valence-electron chi connectivity index (χ4n) is 3.73. The molecule has 0 spiro atoms. The summed E-state index contributed by atoms with van der Waals surface area (Å²) in [6.45, 7) is 7.25. The van der Waals surface area contributed by atoms with E-state index in [2.05, 4.69) is 21.8 Å². The minimum Gasteiger partial charge on any atom is -0.352 e. The lowest BCUT2D eigenvalue weighted by Crippen LogP contribution is -2.48. The molecule has 1 amide bonds. The number of anilines is 1. The minimum atomic E-state index is 0.166. The summed E-state index contributed by atoms with van der Waals surface area (Å²) in [5.41, 5.74) is 1.48. The van der Waals surface area contributed by atoms with Crippen molar-refractivity contribution >= 4 is 33.3 Å². The summed E-state index contributed by atoms with van der Waals surface area (Å²) in [5, 5.41) is 1.27. The van der Waals surface area contributed by atoms with Crippen LogP contribution in [0.4, 0.5) is 5.82 Å². The number of aromatic nitrogens is 2. The summed E-state index contributed by atoms with van der Waals surface area (Å²) in [7, 11) is 0. The Labute approximate surface area is 140 Å². The van der Waals surface area contributed by atoms with E-state index in [-0.39, 0.29) is 5.91 Å². The van der Waals surface area contributed by atoms with E-state index in [0.29, 0.717) is 0 Å². The van der Waals surface area contributed by atoms with Gasteiger partial charge in [-0.2, -0.15) is 0 Å². The summed E-state index contributed by atoms with van der Waals surface area (Å²) >= 11 is 1.84. The van der Waals surface area contributed by atoms with Gasteiger partial charge in [-0.05, 0) is 30.7 Å². The topological polar surface area (TPSA) is 49.3 Å². The Hall–Kier alpha value is -1.69. The first-order valence-corrected chi connectivity index (χ1v) is 9.21. The quantitative estimate of drug-likeness (QED) is 0.806. The predicted molar refractivity (Wildman–Crippen MR) is 93.1 cm³/mol. The Morgan fingerprint density at radius 2 is 2.04 bits per heavy atom. The number of carbonyl (C=O) groups excluding carboxylic acids is 1. The number of amides is 1. The van der Waals surface area contributed by atoms with Crippen molar-refractivity contribution in [1.29, 1.82) is 0 Å². The summed E-state index contributed by atoms with van der Waals surface area (Å²) in [5.74, 6) is 2.01. The van der Waals surface area contributed by atoms with Crippen molar-refractivity contribution in [3.63, 3.8) is 0 Å². The molecule has 3 heterocycles. The van der Waals surface area contributed by atoms with Crippen LogP contribution in [-0.2, 0) is 17.6 Å². The van der Waals surface area contributed by atoms with Gasteiger partial charge in [0.1, 0.15) is 17.0 Å². The molecule has 0 aromatic carbocycles. The smallest absolute Gasteiger partial charge is 0.219 e. The molecule has 6 heteroatoms. The Kier molecular flexibility index (Phi) is 3.71. The molecule has 0 radical (unpaired) electrons. The third kappa shape index (κ3) is 2.59. The van der Waals surface area contributed by atoms with Crippen molar-refractivity contribution in [2.24, 2.45) is 5.92 Å². The molecule has 1 aliphatic carbocycles. The molecule has 23 heavy (non-hydrogen) atoms. The second-order valence-corrected chi connectivity index (χ2v) is 7.81. The molecule has 4 rings (SSSR count). The van der Waals surface area contributed by atoms with Gasteiger partial charge in [0.25, 0.3) is 0 Å². The number of hydrogen-bond donors (Lipinski definition) is 0. The van der Waals surface area contributed by atoms with Crippen LogP contribution >= 0.6 is 11.3 Å². The molecule has 122 valence electrons. The molecule has 0 N–H and O–H groups in total. The van der Waals surface area contributed by atoms with Gasteiger partial charge in [0.2, 0.25) is 5.91 Å². The largest absolute Gasteiger partial charge is 0.352 e. The SMILES string of the molecule is CC(=O)N1CCN(c2ncnc3sc4c(c23)CC[C@H](C)C4)CC1. The maximum atomic E-state index is 11.5. The van der Waals surface area contributed by atoms with Gasteiger partial charge in [0.05, 0.1) is 5.39 Å². The van der Waals surface area contributed by atoms with Crippen LogP contribution in [0.3, 0.4) is 0 Å². The van der Waals surface area contributed by atoms with Gasteiger partial charge >= 0.3 is 0 Å². The molecule has 1 aliphatic heterocycles. The Bertz CT molecular complexity index is 748. The fourth-order valence-corrected chi connectivity index (χ4v) is 5.08. The first-order valence-electron chi connectivity index (χ1n) is 8.39. The summed E-state index contributed by atoms with van der Waals surface area (Å²) < 4.78 is 0. The average molecular weight is 330 g/mol. The summed E-state index contributed by atoms with van der Waals surface area (Å²) in [6.07, 6.45) is 5.27. The maximum absolute atomic E-state index is 11.5. The molecular weight excluding hydrogens is 308 g/mol. The minimum absolute atomic E-state index is 0.166. The number of piperazine rings is 1. The lowest BCUT2D eigenvalue weighted by molar-refractivity contribution is -0.129. The fraction of sp³-hybridized carbons (Fsp3) is 0.588. The Morgan fingerprint density at radius 1 is 1.26 bits per heavy atom. The molecule has 0 bridgehead atoms. The monoisotopic (exact) mass is 330 g/mol. The van der Waals surface area contributed by atoms with Crippen LogP contribution in [0, 0.1) is 5.92 Å². The molecule has 2 aromatic heterocycles. The van der Waals surface area contributed by atoms with E-state index in [4.69, 9.17) is 0 Å². The van der Waals surface area contributed by atoms with E-state index in [1.807, 2.05) is 16.2 Å². The Balaban J connectivity index is 1.69. The van der Waals surface area contributed by atoms with Gasteiger partial charge in [-0.15, -0.1) is 11.3 Å². The third-order valence-electron chi connectivity index (χ3n) is 5.10. The van der Waals surface area contributed by atoms with Crippen molar-refractivity contribution in [2.75, 3.05) is 31.1 Å². The van der Waals surface area contributed by atoms with E-state index >= 15 is 0 Å². The Morgan fingerprint density at radius 3 is 2.78 bits per heavy atom. The number of nitrogens with zero attached hydrogens (tertiary/aromatic N) is 4. The number of hydrogen-bond acceptors (Lipinski definition) is 5. The number of carbonyl (C=O) groups is 1. The second-order valence-electron chi connectivity index (χ2n) is 6.72. The molecule has 1 atom stereocenters. The average Bonchev–Trinajstić information content (AvgIpc) is 2.92. The second kappa shape index (κ2) is 5.74. The standard InChI is InChI=1S/C17H22N4OS/c1-11-3-4-13-14(9-11)23-17-15(13)16(18-10-19-17)21-7-5-20(6-8-21)12(2)22/h10-11H,3-9H2,1-2H3/t11-/m0/s1. The van der Waals surface area contributed by atoms with Crippen LogP contribution in [0.25, 0.3) is 10.2 Å². The van der Waals surface area contributed by atoms with Crippen molar-refractivity contribution in [2.45, 2.75) is 33.1 Å². The van der Waals surface area contributed by atoms with Gasteiger partial charge in [0, 0.05) is 38.0 Å². The van der Waals surface area contributed by atoms with Gasteiger partial charge in [-0.3, -0.25) is 4.79 Å². The van der Waals surface area contributed by atoms with E-state index in [1.165, 1.54) is 28.7 Å². The lowest BCUT2D eigenvalue weighted by Gasteiger charge is -2.35. The zero-order valence-corrected chi connectivity index (χ0v) is 14.5. The van der Waals surface area contributed by atoms with Crippen LogP contribution in [-0.4, -0.2) is 47.0 Å². The van der Waals surface area contributed by atoms with Crippen molar-refractivity contribution in [3.8, 4) is 0 Å². The van der Waals surface area contributed by atoms with Gasteiger partial charge < -0.3 is 9.80 Å². The number of aryl methyl sites for hydroxylation is 1. The van der Waals surface area contributed by atoms with E-state index in [1.54, 1.807) is 13.3 Å². The summed E-state index contributed by atoms with van der Waals surface area (Å²) in [4.78, 5) is 27.5. The first kappa shape index (κ1) is 14.9. The van der Waals surface area contributed by atoms with E-state index < -0.39 is 0 Å². The van der Waals surface area contributed by atoms with Gasteiger partial charge in [-0.1, -0.05) is 6.92 Å². The molecule has 1 saturated heterocycles. The highest BCUT2D eigenvalue weighted by atomic mass is 32.1. The number of rotatable bonds is 1. The number of fused-ring (bicyclic) bond motifs is 3. The van der Waals surface area contributed by atoms with Gasteiger partial charge in [-0.25, -0.2) is 9.97 Å². The predicted octanol–water partition coefficient (Wildman–Crippen LogP) is 2.48. The lowest BCUT2D eigenvalue weighted by atomic mass is 9.89. The van der Waals surface area contributed by atoms with Gasteiger partial charge in [0.15, 0.2) is 0 Å². The van der Waals surface area contributed by atoms with Crippen LogP contribution in [0.1, 0.15) is 30.7 Å². The van der Waals surface area contributed by atoms with E-state index in [0.717, 1.165) is 49.2 Å². The molecule has 1 fully saturated rings. The van der Waals surface area contributed by atoms with Crippen LogP contribution in [0.15, 0.2) is 6.33 Å². The third-order valence-corrected chi connectivity index (χ3v) is 6.26. The molecule has 0 saturated carbocycles. The molecule has 5 nitrogen and oxygen atoms in total. The highest BCUT2D eigenvalue weighted by Crippen LogP contribution is 2.40. The molecular formula is C17H22N4OS. The molecule has 2 aromatic rings. The maximum Gasteiger partial charge on any atom is 0.219 e. The van der Waals surface area contributed by atoms with Crippen LogP contribution in [0.2, 0.25) is 0 Å². The van der Waals surface area contributed by atoms with Crippen molar-refractivity contribution in [3.05, 3.63) is 16.8 Å². The van der Waals surface area contributed by atoms with Crippen molar-refractivity contribution < 1.29 is 4.79 Å². The van der Waals surface area contributed by atoms with Crippen molar-refractivity contribution in [1.82, 2.24) is 14.9 Å². The van der Waals surface area contributed by atoms with Crippen LogP contribution in [0.5, 0.6) is 0 Å². The normalized spacial score (nSPS) is 21.6. The zero-order valence-electron chi connectivity index (χ0n) is 13.7. The number of thiophene rings is 1. The summed E-state index contributed by atoms with van der Waals surface area (Å²) in [6, 6.07) is 0. The van der Waals surface area contributed by atoms with Crippen LogP contribution < -0.4 is 4.90 Å². The first-order chi connectivity index (χ1) is 11.1. The molecule has 0 unspecified atom stereocenters. The highest BCUT2D eigenvalue weighted by Gasteiger charge is 2.26. The van der Waals surface area contributed by atoms with E-state index in [9.17, 15) is 4.79 Å². The zero-order chi connectivity index (χ0) is 16.0.